The van der Waals surface area contributed by atoms with Crippen molar-refractivity contribution in [2.45, 2.75) is 26.7 Å². The number of pyridine rings is 2. The minimum absolute atomic E-state index is 0.137. The second-order valence-corrected chi connectivity index (χ2v) is 8.62. The van der Waals surface area contributed by atoms with Crippen LogP contribution in [0.5, 0.6) is 17.4 Å². The highest BCUT2D eigenvalue weighted by Gasteiger charge is 2.17. The molecule has 172 valence electrons. The van der Waals surface area contributed by atoms with Crippen molar-refractivity contribution in [2.24, 2.45) is 0 Å². The van der Waals surface area contributed by atoms with Gasteiger partial charge in [0.2, 0.25) is 5.88 Å². The quantitative estimate of drug-likeness (QED) is 0.293. The Morgan fingerprint density at radius 2 is 1.63 bits per heavy atom. The molecule has 0 aliphatic heterocycles. The van der Waals surface area contributed by atoms with Crippen LogP contribution in [0.15, 0.2) is 84.9 Å². The summed E-state index contributed by atoms with van der Waals surface area (Å²) in [6.07, 6.45) is 1.77. The molecule has 3 heterocycles. The van der Waals surface area contributed by atoms with Crippen molar-refractivity contribution in [3.63, 3.8) is 0 Å². The third kappa shape index (κ3) is 3.56. The lowest BCUT2D eigenvalue weighted by Gasteiger charge is -2.13. The van der Waals surface area contributed by atoms with Gasteiger partial charge in [0.05, 0.1) is 11.0 Å². The van der Waals surface area contributed by atoms with Gasteiger partial charge in [-0.1, -0.05) is 50.2 Å². The van der Waals surface area contributed by atoms with E-state index in [2.05, 4.69) is 65.9 Å². The molecule has 5 nitrogen and oxygen atoms in total. The van der Waals surface area contributed by atoms with E-state index in [4.69, 9.17) is 9.72 Å². The van der Waals surface area contributed by atoms with Crippen molar-refractivity contribution in [1.29, 1.82) is 0 Å². The Labute approximate surface area is 203 Å². The number of phenols is 1. The molecule has 0 radical (unpaired) electrons. The molecule has 0 bridgehead atoms. The molecule has 0 atom stereocenters. The van der Waals surface area contributed by atoms with Gasteiger partial charge in [-0.2, -0.15) is 0 Å². The highest BCUT2D eigenvalue weighted by atomic mass is 16.5. The molecular weight excluding hydrogens is 434 g/mol. The summed E-state index contributed by atoms with van der Waals surface area (Å²) < 4.78 is 8.43. The summed E-state index contributed by atoms with van der Waals surface area (Å²) in [7, 11) is 0. The fraction of sp³-hybridized carbons (Fsp3) is 0.133. The van der Waals surface area contributed by atoms with E-state index in [1.54, 1.807) is 12.1 Å². The van der Waals surface area contributed by atoms with E-state index in [0.717, 1.165) is 46.2 Å². The Hall–Kier alpha value is -4.38. The van der Waals surface area contributed by atoms with E-state index in [0.29, 0.717) is 17.1 Å². The zero-order valence-corrected chi connectivity index (χ0v) is 19.7. The predicted molar refractivity (Wildman–Crippen MR) is 141 cm³/mol. The fourth-order valence-electron chi connectivity index (χ4n) is 4.72. The van der Waals surface area contributed by atoms with E-state index in [-0.39, 0.29) is 5.75 Å². The average molecular weight is 460 g/mol. The number of aromatic hydroxyl groups is 1. The third-order valence-electron chi connectivity index (χ3n) is 6.51. The van der Waals surface area contributed by atoms with E-state index >= 15 is 0 Å². The molecule has 0 aliphatic carbocycles. The number of rotatable bonds is 5. The third-order valence-corrected chi connectivity index (χ3v) is 6.51. The van der Waals surface area contributed by atoms with Crippen LogP contribution in [0, 0.1) is 0 Å². The lowest BCUT2D eigenvalue weighted by Crippen LogP contribution is -2.04. The second kappa shape index (κ2) is 8.44. The molecule has 0 spiro atoms. The summed E-state index contributed by atoms with van der Waals surface area (Å²) in [4.78, 5) is 9.58. The molecule has 0 saturated heterocycles. The largest absolute Gasteiger partial charge is 0.506 e. The Kier molecular flexibility index (Phi) is 5.10. The highest BCUT2D eigenvalue weighted by molar-refractivity contribution is 6.09. The van der Waals surface area contributed by atoms with Crippen molar-refractivity contribution in [1.82, 2.24) is 14.5 Å². The maximum atomic E-state index is 10.2. The Balaban J connectivity index is 1.54. The van der Waals surface area contributed by atoms with Gasteiger partial charge >= 0.3 is 0 Å². The standard InChI is InChI=1S/C30H25N3O2/c1-3-19-12-14-21(4-2)31-30(19)33-25-10-6-5-9-23(25)24-16-15-22(18-26(24)33)35-28-17-13-20-8-7-11-27(34)29(20)32-28/h5-18,34H,3-4H2,1-2H3. The summed E-state index contributed by atoms with van der Waals surface area (Å²) in [6, 6.07) is 27.9. The smallest absolute Gasteiger partial charge is 0.219 e. The molecule has 1 N–H and O–H groups in total. The molecule has 6 aromatic rings. The fourth-order valence-corrected chi connectivity index (χ4v) is 4.72. The van der Waals surface area contributed by atoms with Crippen LogP contribution in [-0.4, -0.2) is 19.6 Å². The summed E-state index contributed by atoms with van der Waals surface area (Å²) in [5.74, 6) is 2.20. The summed E-state index contributed by atoms with van der Waals surface area (Å²) in [5, 5.41) is 13.4. The van der Waals surface area contributed by atoms with Crippen LogP contribution in [0.3, 0.4) is 0 Å². The Morgan fingerprint density at radius 1 is 0.771 bits per heavy atom. The molecule has 3 aromatic carbocycles. The lowest BCUT2D eigenvalue weighted by atomic mass is 10.1. The first-order valence-corrected chi connectivity index (χ1v) is 11.9. The number of fused-ring (bicyclic) bond motifs is 4. The van der Waals surface area contributed by atoms with E-state index in [1.807, 2.05) is 30.3 Å². The molecule has 0 aliphatic rings. The molecule has 35 heavy (non-hydrogen) atoms. The Bertz CT molecular complexity index is 1720. The van der Waals surface area contributed by atoms with E-state index in [9.17, 15) is 5.11 Å². The summed E-state index contributed by atoms with van der Waals surface area (Å²) >= 11 is 0. The van der Waals surface area contributed by atoms with Gasteiger partial charge in [0.1, 0.15) is 22.8 Å². The van der Waals surface area contributed by atoms with Gasteiger partial charge in [-0.3, -0.25) is 4.57 Å². The number of benzene rings is 3. The molecule has 0 amide bonds. The van der Waals surface area contributed by atoms with Gasteiger partial charge in [0, 0.05) is 34.0 Å². The SMILES string of the molecule is CCc1ccc(CC)c(-n2c3ccccc3c3ccc(Oc4ccc5cccc(O)c5n4)cc32)n1. The van der Waals surface area contributed by atoms with Crippen molar-refractivity contribution in [3.8, 4) is 23.2 Å². The zero-order chi connectivity index (χ0) is 23.9. The molecular formula is C30H25N3O2. The number of aromatic nitrogens is 3. The predicted octanol–water partition coefficient (Wildman–Crippen LogP) is 7.35. The van der Waals surface area contributed by atoms with Crippen molar-refractivity contribution in [3.05, 3.63) is 96.2 Å². The van der Waals surface area contributed by atoms with Gasteiger partial charge in [0.15, 0.2) is 0 Å². The molecule has 6 rings (SSSR count). The van der Waals surface area contributed by atoms with Crippen molar-refractivity contribution in [2.75, 3.05) is 0 Å². The number of phenolic OH excluding ortho intramolecular Hbond substituents is 1. The molecule has 0 fully saturated rings. The maximum Gasteiger partial charge on any atom is 0.219 e. The molecule has 0 unspecified atom stereocenters. The number of hydrogen-bond donors (Lipinski definition) is 1. The highest BCUT2D eigenvalue weighted by Crippen LogP contribution is 2.36. The monoisotopic (exact) mass is 459 g/mol. The Morgan fingerprint density at radius 3 is 2.49 bits per heavy atom. The van der Waals surface area contributed by atoms with Crippen LogP contribution in [0.2, 0.25) is 0 Å². The first kappa shape index (κ1) is 21.2. The number of ether oxygens (including phenoxy) is 1. The zero-order valence-electron chi connectivity index (χ0n) is 19.7. The van der Waals surface area contributed by atoms with Gasteiger partial charge in [0.25, 0.3) is 0 Å². The van der Waals surface area contributed by atoms with Crippen LogP contribution >= 0.6 is 0 Å². The summed E-state index contributed by atoms with van der Waals surface area (Å²) in [5.41, 5.74) is 4.93. The first-order chi connectivity index (χ1) is 17.2. The minimum atomic E-state index is 0.137. The van der Waals surface area contributed by atoms with E-state index < -0.39 is 0 Å². The van der Waals surface area contributed by atoms with E-state index in [1.165, 1.54) is 10.9 Å². The van der Waals surface area contributed by atoms with Crippen LogP contribution in [0.4, 0.5) is 0 Å². The number of hydrogen-bond acceptors (Lipinski definition) is 4. The molecule has 5 heteroatoms. The van der Waals surface area contributed by atoms with Gasteiger partial charge < -0.3 is 9.84 Å². The van der Waals surface area contributed by atoms with Gasteiger partial charge in [-0.05, 0) is 54.8 Å². The van der Waals surface area contributed by atoms with Crippen LogP contribution in [-0.2, 0) is 12.8 Å². The average Bonchev–Trinajstić information content (AvgIpc) is 3.22. The van der Waals surface area contributed by atoms with Crippen LogP contribution in [0.1, 0.15) is 25.1 Å². The second-order valence-electron chi connectivity index (χ2n) is 8.62. The molecule has 3 aromatic heterocycles. The molecule has 0 saturated carbocycles. The first-order valence-electron chi connectivity index (χ1n) is 11.9. The van der Waals surface area contributed by atoms with Crippen LogP contribution < -0.4 is 4.74 Å². The number of nitrogens with zero attached hydrogens (tertiary/aromatic N) is 3. The van der Waals surface area contributed by atoms with Crippen LogP contribution in [0.25, 0.3) is 38.5 Å². The van der Waals surface area contributed by atoms with Crippen molar-refractivity contribution >= 4 is 32.7 Å². The van der Waals surface area contributed by atoms with Gasteiger partial charge in [-0.25, -0.2) is 9.97 Å². The maximum absolute atomic E-state index is 10.2. The topological polar surface area (TPSA) is 60.2 Å². The van der Waals surface area contributed by atoms with Crippen molar-refractivity contribution < 1.29 is 9.84 Å². The minimum Gasteiger partial charge on any atom is -0.506 e. The number of para-hydroxylation sites is 2. The number of aryl methyl sites for hydroxylation is 2. The normalized spacial score (nSPS) is 11.5. The summed E-state index contributed by atoms with van der Waals surface area (Å²) in [6.45, 7) is 4.29. The lowest BCUT2D eigenvalue weighted by molar-refractivity contribution is 0.460. The van der Waals surface area contributed by atoms with Gasteiger partial charge in [-0.15, -0.1) is 0 Å².